The topological polar surface area (TPSA) is 133 Å². The normalized spacial score (nSPS) is 19.2. The third-order valence-electron chi connectivity index (χ3n) is 8.29. The molecule has 2 aliphatic heterocycles. The number of amides is 1. The number of rotatable bonds is 9. The molecule has 11 heteroatoms. The Hall–Kier alpha value is -4.74. The zero-order valence-corrected chi connectivity index (χ0v) is 25.7. The van der Waals surface area contributed by atoms with Gasteiger partial charge in [-0.2, -0.15) is 0 Å². The molecule has 0 bridgehead atoms. The van der Waals surface area contributed by atoms with Gasteiger partial charge in [0.1, 0.15) is 18.6 Å². The molecule has 2 heterocycles. The highest BCUT2D eigenvalue weighted by molar-refractivity contribution is 6.69. The lowest BCUT2D eigenvalue weighted by atomic mass is 9.82. The molecule has 44 heavy (non-hydrogen) atoms. The maximum atomic E-state index is 13.7. The Kier molecular flexibility index (Phi) is 7.17. The van der Waals surface area contributed by atoms with E-state index in [1.165, 1.54) is 29.2 Å². The predicted octanol–water partition coefficient (Wildman–Crippen LogP) is 5.54. The minimum atomic E-state index is -1.95. The Morgan fingerprint density at radius 3 is 2.39 bits per heavy atom. The Bertz CT molecular complexity index is 1790. The zero-order valence-electron chi connectivity index (χ0n) is 24.7. The van der Waals surface area contributed by atoms with Crippen LogP contribution in [0.1, 0.15) is 50.8 Å². The summed E-state index contributed by atoms with van der Waals surface area (Å²) in [5, 5.41) is 11.0. The fourth-order valence-corrected chi connectivity index (χ4v) is 7.68. The van der Waals surface area contributed by atoms with Crippen molar-refractivity contribution in [3.8, 4) is 11.1 Å². The summed E-state index contributed by atoms with van der Waals surface area (Å²) in [7, 11) is -1.95. The number of ketones is 1. The lowest BCUT2D eigenvalue weighted by molar-refractivity contribution is -0.384. The van der Waals surface area contributed by atoms with Crippen LogP contribution < -0.4 is 0 Å². The lowest BCUT2D eigenvalue weighted by Crippen LogP contribution is -2.63. The van der Waals surface area contributed by atoms with Gasteiger partial charge in [0.2, 0.25) is 5.91 Å². The van der Waals surface area contributed by atoms with Crippen molar-refractivity contribution in [1.82, 2.24) is 4.90 Å². The van der Waals surface area contributed by atoms with Crippen LogP contribution in [0, 0.1) is 16.0 Å². The van der Waals surface area contributed by atoms with Crippen LogP contribution in [0.3, 0.4) is 0 Å². The minimum absolute atomic E-state index is 0.0744. The molecule has 1 amide bonds. The largest absolute Gasteiger partial charge is 0.456 e. The molecule has 3 aromatic rings. The second kappa shape index (κ2) is 10.8. The fraction of sp³-hybridized carbons (Fsp3) is 0.273. The lowest BCUT2D eigenvalue weighted by Gasteiger charge is -2.47. The number of carbonyl (C=O) groups is 4. The van der Waals surface area contributed by atoms with E-state index in [0.717, 1.165) is 0 Å². The van der Waals surface area contributed by atoms with Crippen LogP contribution in [0.5, 0.6) is 0 Å². The van der Waals surface area contributed by atoms with E-state index in [1.807, 2.05) is 13.0 Å². The first-order valence-electron chi connectivity index (χ1n) is 14.3. The van der Waals surface area contributed by atoms with Gasteiger partial charge in [-0.05, 0) is 91.1 Å². The summed E-state index contributed by atoms with van der Waals surface area (Å²) in [5.74, 6) is -1.49. The van der Waals surface area contributed by atoms with E-state index in [1.54, 1.807) is 30.3 Å². The monoisotopic (exact) mass is 610 g/mol. The predicted molar refractivity (Wildman–Crippen MR) is 163 cm³/mol. The van der Waals surface area contributed by atoms with E-state index in [4.69, 9.17) is 9.16 Å². The van der Waals surface area contributed by atoms with Crippen LogP contribution in [0.15, 0.2) is 66.4 Å². The second-order valence-corrected chi connectivity index (χ2v) is 16.7. The molecular formula is C33H30N2O8Si. The molecule has 1 saturated heterocycles. The Labute approximate surface area is 254 Å². The third-order valence-corrected chi connectivity index (χ3v) is 9.37. The molecule has 0 aromatic heterocycles. The van der Waals surface area contributed by atoms with Gasteiger partial charge in [-0.25, -0.2) is 4.79 Å². The summed E-state index contributed by atoms with van der Waals surface area (Å²) < 4.78 is 11.9. The van der Waals surface area contributed by atoms with Crippen LogP contribution in [0.4, 0.5) is 5.69 Å². The van der Waals surface area contributed by atoms with Gasteiger partial charge >= 0.3 is 5.97 Å². The minimum Gasteiger partial charge on any atom is -0.456 e. The van der Waals surface area contributed by atoms with E-state index in [9.17, 15) is 29.3 Å². The quantitative estimate of drug-likeness (QED) is 0.0602. The van der Waals surface area contributed by atoms with Crippen molar-refractivity contribution in [2.24, 2.45) is 5.92 Å². The van der Waals surface area contributed by atoms with Crippen molar-refractivity contribution in [3.05, 3.63) is 104 Å². The van der Waals surface area contributed by atoms with Crippen molar-refractivity contribution >= 4 is 43.5 Å². The number of β-lactam (4-membered cyclic amide) rings is 1. The van der Waals surface area contributed by atoms with Crippen LogP contribution in [0.2, 0.25) is 19.6 Å². The molecule has 1 fully saturated rings. The molecule has 0 N–H and O–H groups in total. The van der Waals surface area contributed by atoms with E-state index in [-0.39, 0.29) is 41.8 Å². The number of nitrogens with zero attached hydrogens (tertiary/aromatic N) is 2. The first kappa shape index (κ1) is 29.3. The molecule has 3 atom stereocenters. The molecule has 10 nitrogen and oxygen atoms in total. The van der Waals surface area contributed by atoms with E-state index in [0.29, 0.717) is 57.2 Å². The number of esters is 1. The van der Waals surface area contributed by atoms with Gasteiger partial charge in [0.15, 0.2) is 14.1 Å². The summed E-state index contributed by atoms with van der Waals surface area (Å²) >= 11 is 0. The summed E-state index contributed by atoms with van der Waals surface area (Å²) in [5.41, 5.74) is 4.71. The fourth-order valence-electron chi connectivity index (χ4n) is 6.42. The van der Waals surface area contributed by atoms with Gasteiger partial charge in [-0.3, -0.25) is 24.5 Å². The van der Waals surface area contributed by atoms with E-state index < -0.39 is 25.1 Å². The molecule has 0 saturated carbocycles. The third kappa shape index (κ3) is 4.97. The average Bonchev–Trinajstić information content (AvgIpc) is 3.47. The van der Waals surface area contributed by atoms with Crippen LogP contribution in [-0.4, -0.2) is 54.2 Å². The number of aldehydes is 1. The average molecular weight is 611 g/mol. The Morgan fingerprint density at radius 2 is 1.73 bits per heavy atom. The SMILES string of the molecule is C[C@@H](O[Si](C)(C)C)[C@H]1C(=O)N2C(C(=O)OCc3ccc([N+](=O)[O-])cc3)=C(c3ccc4c(c3)-c3ccc(C=O)cc3C4=O)C[C@H]12. The maximum absolute atomic E-state index is 13.7. The molecule has 6 rings (SSSR count). The highest BCUT2D eigenvalue weighted by Gasteiger charge is 2.58. The highest BCUT2D eigenvalue weighted by atomic mass is 28.4. The number of hydrogen-bond donors (Lipinski definition) is 0. The summed E-state index contributed by atoms with van der Waals surface area (Å²) in [6, 6.07) is 15.7. The first-order chi connectivity index (χ1) is 20.9. The number of non-ortho nitro benzene ring substituents is 1. The van der Waals surface area contributed by atoms with Gasteiger partial charge in [0.25, 0.3) is 5.69 Å². The number of fused-ring (bicyclic) bond motifs is 4. The van der Waals surface area contributed by atoms with Crippen molar-refractivity contribution < 1.29 is 33.3 Å². The van der Waals surface area contributed by atoms with Gasteiger partial charge in [-0.15, -0.1) is 0 Å². The first-order valence-corrected chi connectivity index (χ1v) is 17.7. The molecule has 1 aliphatic carbocycles. The Morgan fingerprint density at radius 1 is 1.02 bits per heavy atom. The summed E-state index contributed by atoms with van der Waals surface area (Å²) in [4.78, 5) is 63.7. The molecule has 0 unspecified atom stereocenters. The molecule has 0 spiro atoms. The van der Waals surface area contributed by atoms with Crippen molar-refractivity contribution in [1.29, 1.82) is 0 Å². The van der Waals surface area contributed by atoms with Crippen molar-refractivity contribution in [3.63, 3.8) is 0 Å². The number of nitro benzene ring substituents is 1. The van der Waals surface area contributed by atoms with Gasteiger partial charge in [0.05, 0.1) is 23.0 Å². The Balaban J connectivity index is 1.35. The molecular weight excluding hydrogens is 580 g/mol. The van der Waals surface area contributed by atoms with E-state index >= 15 is 0 Å². The van der Waals surface area contributed by atoms with Crippen LogP contribution in [-0.2, 0) is 25.4 Å². The molecule has 3 aromatic carbocycles. The van der Waals surface area contributed by atoms with Crippen molar-refractivity contribution in [2.45, 2.75) is 51.7 Å². The highest BCUT2D eigenvalue weighted by Crippen LogP contribution is 2.49. The van der Waals surface area contributed by atoms with Gasteiger partial charge < -0.3 is 14.1 Å². The molecule has 0 radical (unpaired) electrons. The number of ether oxygens (including phenoxy) is 1. The van der Waals surface area contributed by atoms with E-state index in [2.05, 4.69) is 19.6 Å². The zero-order chi connectivity index (χ0) is 31.5. The van der Waals surface area contributed by atoms with Gasteiger partial charge in [0, 0.05) is 28.8 Å². The van der Waals surface area contributed by atoms with Crippen LogP contribution in [0.25, 0.3) is 16.7 Å². The van der Waals surface area contributed by atoms with Crippen LogP contribution >= 0.6 is 0 Å². The smallest absolute Gasteiger partial charge is 0.355 e. The summed E-state index contributed by atoms with van der Waals surface area (Å²) in [6.07, 6.45) is 0.773. The standard InChI is InChI=1S/C33H30N2O8Si/c1-18(43-44(2,3)4)29-28-15-25(21-8-12-24-26(14-21)23-11-7-20(16-36)13-27(23)31(24)37)30(34(28)32(29)38)33(39)42-17-19-5-9-22(10-6-19)35(40)41/h5-14,16,18,28-29H,15,17H2,1-4H3/t18-,28-,29-/m1/s1. The number of nitro groups is 1. The number of carbonyl (C=O) groups excluding carboxylic acids is 4. The maximum Gasteiger partial charge on any atom is 0.355 e. The molecule has 3 aliphatic rings. The number of hydrogen-bond acceptors (Lipinski definition) is 8. The second-order valence-electron chi connectivity index (χ2n) is 12.3. The number of benzene rings is 3. The van der Waals surface area contributed by atoms with Crippen molar-refractivity contribution in [2.75, 3.05) is 0 Å². The van der Waals surface area contributed by atoms with Gasteiger partial charge in [-0.1, -0.05) is 18.2 Å². The molecule has 224 valence electrons. The summed E-state index contributed by atoms with van der Waals surface area (Å²) in [6.45, 7) is 7.95.